The molecule has 9 heteroatoms. The molecular weight excluding hydrogens is 484 g/mol. The Bertz CT molecular complexity index is 1210. The number of amides is 3. The van der Waals surface area contributed by atoms with Crippen LogP contribution < -0.4 is 21.7 Å². The van der Waals surface area contributed by atoms with Crippen molar-refractivity contribution in [3.63, 3.8) is 0 Å². The average molecular weight is 517 g/mol. The van der Waals surface area contributed by atoms with Crippen LogP contribution in [0, 0.1) is 0 Å². The molecule has 0 bridgehead atoms. The van der Waals surface area contributed by atoms with Crippen molar-refractivity contribution in [1.82, 2.24) is 16.0 Å². The summed E-state index contributed by atoms with van der Waals surface area (Å²) in [7, 11) is 0. The molecule has 0 aliphatic heterocycles. The lowest BCUT2D eigenvalue weighted by Crippen LogP contribution is -2.54. The minimum absolute atomic E-state index is 0.0991. The Morgan fingerprint density at radius 2 is 1.08 bits per heavy atom. The van der Waals surface area contributed by atoms with Crippen LogP contribution in [0.1, 0.15) is 16.7 Å². The molecule has 0 aliphatic carbocycles. The molecule has 0 aromatic heterocycles. The molecule has 0 spiro atoms. The van der Waals surface area contributed by atoms with E-state index in [1.165, 1.54) is 0 Å². The fraction of sp³-hybridized carbons (Fsp3) is 0.241. The molecule has 3 atom stereocenters. The molecule has 0 saturated carbocycles. The maximum Gasteiger partial charge on any atom is 0.326 e. The molecule has 3 unspecified atom stereocenters. The topological polar surface area (TPSA) is 151 Å². The number of hydrogen-bond donors (Lipinski definition) is 5. The molecule has 3 rings (SSSR count). The van der Waals surface area contributed by atoms with E-state index in [0.29, 0.717) is 6.42 Å². The Morgan fingerprint density at radius 3 is 1.55 bits per heavy atom. The second kappa shape index (κ2) is 14.3. The first-order valence-corrected chi connectivity index (χ1v) is 12.3. The van der Waals surface area contributed by atoms with Crippen LogP contribution in [-0.4, -0.2) is 53.5 Å². The Kier molecular flexibility index (Phi) is 10.6. The predicted octanol–water partition coefficient (Wildman–Crippen LogP) is 1.21. The fourth-order valence-electron chi connectivity index (χ4n) is 3.88. The number of benzene rings is 3. The van der Waals surface area contributed by atoms with E-state index >= 15 is 0 Å². The second-order valence-electron chi connectivity index (χ2n) is 8.91. The predicted molar refractivity (Wildman–Crippen MR) is 143 cm³/mol. The SMILES string of the molecule is NC(Cc1ccccc1)C(=O)NC(Cc1ccccc1)C(=O)NCC(=O)NC(Cc1ccccc1)C(=O)O. The van der Waals surface area contributed by atoms with E-state index < -0.39 is 48.4 Å². The van der Waals surface area contributed by atoms with Gasteiger partial charge in [0.05, 0.1) is 12.6 Å². The van der Waals surface area contributed by atoms with Crippen molar-refractivity contribution in [3.8, 4) is 0 Å². The number of aliphatic carboxylic acids is 1. The Balaban J connectivity index is 1.60. The number of nitrogens with one attached hydrogen (secondary N) is 3. The lowest BCUT2D eigenvalue weighted by molar-refractivity contribution is -0.141. The van der Waals surface area contributed by atoms with Crippen molar-refractivity contribution >= 4 is 23.7 Å². The van der Waals surface area contributed by atoms with Crippen LogP contribution in [0.3, 0.4) is 0 Å². The highest BCUT2D eigenvalue weighted by molar-refractivity contribution is 5.92. The lowest BCUT2D eigenvalue weighted by atomic mass is 10.0. The second-order valence-corrected chi connectivity index (χ2v) is 8.91. The number of carboxylic acids is 1. The van der Waals surface area contributed by atoms with E-state index in [4.69, 9.17) is 5.73 Å². The van der Waals surface area contributed by atoms with Gasteiger partial charge in [-0.1, -0.05) is 91.0 Å². The Hall–Kier alpha value is -4.50. The van der Waals surface area contributed by atoms with Gasteiger partial charge in [-0.25, -0.2) is 4.79 Å². The first-order chi connectivity index (χ1) is 18.3. The van der Waals surface area contributed by atoms with Gasteiger partial charge in [-0.2, -0.15) is 0 Å². The van der Waals surface area contributed by atoms with Crippen LogP contribution >= 0.6 is 0 Å². The normalized spacial score (nSPS) is 13.0. The summed E-state index contributed by atoms with van der Waals surface area (Å²) in [5.74, 6) is -2.93. The molecule has 0 aliphatic rings. The van der Waals surface area contributed by atoms with Gasteiger partial charge in [0.2, 0.25) is 17.7 Å². The van der Waals surface area contributed by atoms with Gasteiger partial charge in [-0.15, -0.1) is 0 Å². The molecule has 3 amide bonds. The highest BCUT2D eigenvalue weighted by atomic mass is 16.4. The van der Waals surface area contributed by atoms with Crippen LogP contribution in [0.4, 0.5) is 0 Å². The summed E-state index contributed by atoms with van der Waals surface area (Å²) in [6.45, 7) is -0.450. The van der Waals surface area contributed by atoms with E-state index in [0.717, 1.165) is 16.7 Å². The molecule has 6 N–H and O–H groups in total. The zero-order valence-electron chi connectivity index (χ0n) is 20.9. The molecule has 38 heavy (non-hydrogen) atoms. The van der Waals surface area contributed by atoms with Gasteiger partial charge in [0.15, 0.2) is 0 Å². The Labute approximate surface area is 221 Å². The number of carbonyl (C=O) groups is 4. The smallest absolute Gasteiger partial charge is 0.326 e. The van der Waals surface area contributed by atoms with Crippen molar-refractivity contribution in [1.29, 1.82) is 0 Å². The van der Waals surface area contributed by atoms with Gasteiger partial charge in [-0.05, 0) is 23.1 Å². The van der Waals surface area contributed by atoms with Crippen LogP contribution in [0.15, 0.2) is 91.0 Å². The zero-order valence-corrected chi connectivity index (χ0v) is 20.9. The molecule has 198 valence electrons. The van der Waals surface area contributed by atoms with Gasteiger partial charge in [-0.3, -0.25) is 14.4 Å². The summed E-state index contributed by atoms with van der Waals surface area (Å²) >= 11 is 0. The molecule has 3 aromatic carbocycles. The summed E-state index contributed by atoms with van der Waals surface area (Å²) in [6, 6.07) is 24.3. The third-order valence-electron chi connectivity index (χ3n) is 5.89. The van der Waals surface area contributed by atoms with Crippen molar-refractivity contribution < 1.29 is 24.3 Å². The van der Waals surface area contributed by atoms with Gasteiger partial charge in [0.25, 0.3) is 0 Å². The van der Waals surface area contributed by atoms with Gasteiger partial charge in [0.1, 0.15) is 12.1 Å². The quantitative estimate of drug-likeness (QED) is 0.230. The molecule has 0 saturated heterocycles. The average Bonchev–Trinajstić information content (AvgIpc) is 2.92. The number of nitrogens with two attached hydrogens (primary N) is 1. The van der Waals surface area contributed by atoms with Crippen molar-refractivity contribution in [3.05, 3.63) is 108 Å². The lowest BCUT2D eigenvalue weighted by Gasteiger charge is -2.21. The van der Waals surface area contributed by atoms with E-state index in [1.54, 1.807) is 24.3 Å². The molecule has 3 aromatic rings. The third-order valence-corrected chi connectivity index (χ3v) is 5.89. The van der Waals surface area contributed by atoms with Crippen LogP contribution in [0.5, 0.6) is 0 Å². The first-order valence-electron chi connectivity index (χ1n) is 12.3. The fourth-order valence-corrected chi connectivity index (χ4v) is 3.88. The molecular formula is C29H32N4O5. The van der Waals surface area contributed by atoms with Crippen LogP contribution in [0.2, 0.25) is 0 Å². The monoisotopic (exact) mass is 516 g/mol. The van der Waals surface area contributed by atoms with E-state index in [1.807, 2.05) is 66.7 Å². The van der Waals surface area contributed by atoms with E-state index in [-0.39, 0.29) is 12.8 Å². The van der Waals surface area contributed by atoms with E-state index in [2.05, 4.69) is 16.0 Å². The highest BCUT2D eigenvalue weighted by Gasteiger charge is 2.26. The van der Waals surface area contributed by atoms with Crippen molar-refractivity contribution in [2.24, 2.45) is 5.73 Å². The summed E-state index contributed by atoms with van der Waals surface area (Å²) in [5.41, 5.74) is 8.54. The minimum atomic E-state index is -1.19. The molecule has 0 heterocycles. The molecule has 0 fully saturated rings. The maximum absolute atomic E-state index is 13.0. The highest BCUT2D eigenvalue weighted by Crippen LogP contribution is 2.07. The third kappa shape index (κ3) is 9.18. The summed E-state index contributed by atoms with van der Waals surface area (Å²) in [5, 5.41) is 17.1. The molecule has 0 radical (unpaired) electrons. The van der Waals surface area contributed by atoms with Crippen LogP contribution in [-0.2, 0) is 38.4 Å². The van der Waals surface area contributed by atoms with Gasteiger partial charge in [0, 0.05) is 12.8 Å². The number of hydrogen-bond acceptors (Lipinski definition) is 5. The number of rotatable bonds is 13. The minimum Gasteiger partial charge on any atom is -0.480 e. The van der Waals surface area contributed by atoms with Crippen molar-refractivity contribution in [2.75, 3.05) is 6.54 Å². The standard InChI is InChI=1S/C29H32N4O5/c30-23(16-20-10-4-1-5-11-20)27(35)33-24(17-21-12-6-2-7-13-21)28(36)31-19-26(34)32-25(29(37)38)18-22-14-8-3-9-15-22/h1-15,23-25H,16-19,30H2,(H,31,36)(H,32,34)(H,33,35)(H,37,38). The van der Waals surface area contributed by atoms with Gasteiger partial charge >= 0.3 is 5.97 Å². The van der Waals surface area contributed by atoms with E-state index in [9.17, 15) is 24.3 Å². The number of carboxylic acid groups (broad SMARTS) is 1. The summed E-state index contributed by atoms with van der Waals surface area (Å²) in [6.07, 6.45) is 0.582. The number of carbonyl (C=O) groups excluding carboxylic acids is 3. The summed E-state index contributed by atoms with van der Waals surface area (Å²) in [4.78, 5) is 50.0. The maximum atomic E-state index is 13.0. The summed E-state index contributed by atoms with van der Waals surface area (Å²) < 4.78 is 0. The van der Waals surface area contributed by atoms with Crippen LogP contribution in [0.25, 0.3) is 0 Å². The Morgan fingerprint density at radius 1 is 0.632 bits per heavy atom. The zero-order chi connectivity index (χ0) is 27.3. The first kappa shape index (κ1) is 28.1. The van der Waals surface area contributed by atoms with Crippen molar-refractivity contribution in [2.45, 2.75) is 37.4 Å². The molecule has 9 nitrogen and oxygen atoms in total. The largest absolute Gasteiger partial charge is 0.480 e. The van der Waals surface area contributed by atoms with Gasteiger partial charge < -0.3 is 26.8 Å².